The van der Waals surface area contributed by atoms with E-state index in [-0.39, 0.29) is 25.4 Å². The van der Waals surface area contributed by atoms with E-state index in [2.05, 4.69) is 4.98 Å². The van der Waals surface area contributed by atoms with Crippen LogP contribution < -0.4 is 0 Å². The first-order valence-corrected chi connectivity index (χ1v) is 6.66. The van der Waals surface area contributed by atoms with Crippen molar-refractivity contribution in [2.24, 2.45) is 0 Å². The van der Waals surface area contributed by atoms with Crippen LogP contribution in [0.4, 0.5) is 0 Å². The Balaban J connectivity index is 1.81. The Morgan fingerprint density at radius 1 is 1.33 bits per heavy atom. The highest BCUT2D eigenvalue weighted by atomic mass is 16.4. The van der Waals surface area contributed by atoms with Crippen molar-refractivity contribution in [1.82, 2.24) is 14.5 Å². The van der Waals surface area contributed by atoms with Gasteiger partial charge in [-0.05, 0) is 12.1 Å². The number of aliphatic hydroxyl groups is 1. The molecular formula is C14H15N3O4. The summed E-state index contributed by atoms with van der Waals surface area (Å²) in [5, 5.41) is 18.7. The van der Waals surface area contributed by atoms with E-state index >= 15 is 0 Å². The van der Waals surface area contributed by atoms with Crippen LogP contribution in [0.2, 0.25) is 0 Å². The number of fused-ring (bicyclic) bond motifs is 1. The molecule has 2 heterocycles. The molecule has 0 spiro atoms. The summed E-state index contributed by atoms with van der Waals surface area (Å²) in [5.41, 5.74) is 1.60. The lowest BCUT2D eigenvalue weighted by Crippen LogP contribution is -2.42. The monoisotopic (exact) mass is 289 g/mol. The van der Waals surface area contributed by atoms with Gasteiger partial charge in [-0.1, -0.05) is 12.1 Å². The average Bonchev–Trinajstić information content (AvgIpc) is 3.03. The third kappa shape index (κ3) is 2.47. The topological polar surface area (TPSA) is 95.7 Å². The second-order valence-corrected chi connectivity index (χ2v) is 5.15. The third-order valence-electron chi connectivity index (χ3n) is 3.72. The molecule has 7 nitrogen and oxygen atoms in total. The van der Waals surface area contributed by atoms with Gasteiger partial charge in [-0.25, -0.2) is 9.78 Å². The molecule has 0 bridgehead atoms. The summed E-state index contributed by atoms with van der Waals surface area (Å²) in [6.45, 7) is 0.0689. The van der Waals surface area contributed by atoms with Crippen LogP contribution in [0.25, 0.3) is 11.0 Å². The summed E-state index contributed by atoms with van der Waals surface area (Å²) in [7, 11) is 0. The third-order valence-corrected chi connectivity index (χ3v) is 3.72. The highest BCUT2D eigenvalue weighted by Crippen LogP contribution is 2.19. The second kappa shape index (κ2) is 5.17. The van der Waals surface area contributed by atoms with Gasteiger partial charge in [0.2, 0.25) is 5.91 Å². The zero-order chi connectivity index (χ0) is 15.0. The van der Waals surface area contributed by atoms with Gasteiger partial charge in [0.1, 0.15) is 12.6 Å². The van der Waals surface area contributed by atoms with Crippen molar-refractivity contribution in [3.8, 4) is 0 Å². The maximum absolute atomic E-state index is 12.3. The number of benzene rings is 1. The number of amides is 1. The van der Waals surface area contributed by atoms with Gasteiger partial charge in [0.15, 0.2) is 0 Å². The highest BCUT2D eigenvalue weighted by Gasteiger charge is 2.38. The molecule has 1 aromatic heterocycles. The van der Waals surface area contributed by atoms with Crippen molar-refractivity contribution in [3.63, 3.8) is 0 Å². The van der Waals surface area contributed by atoms with Gasteiger partial charge in [-0.2, -0.15) is 0 Å². The van der Waals surface area contributed by atoms with Crippen molar-refractivity contribution in [3.05, 3.63) is 30.6 Å². The zero-order valence-corrected chi connectivity index (χ0v) is 11.2. The zero-order valence-electron chi connectivity index (χ0n) is 11.2. The maximum atomic E-state index is 12.3. The molecule has 2 N–H and O–H groups in total. The first kappa shape index (κ1) is 13.6. The number of aliphatic hydroxyl groups excluding tert-OH is 1. The number of likely N-dealkylation sites (tertiary alicyclic amines) is 1. The molecule has 2 atom stereocenters. The van der Waals surface area contributed by atoms with Crippen LogP contribution in [0.15, 0.2) is 30.6 Å². The number of β-amino-alcohol motifs (C(OH)–C–C–N with tert-alkyl or cyclic N) is 1. The van der Waals surface area contributed by atoms with Crippen molar-refractivity contribution < 1.29 is 19.8 Å². The minimum atomic E-state index is -1.09. The Morgan fingerprint density at radius 3 is 2.86 bits per heavy atom. The van der Waals surface area contributed by atoms with E-state index in [1.54, 1.807) is 10.9 Å². The van der Waals surface area contributed by atoms with Crippen LogP contribution in [0.1, 0.15) is 6.42 Å². The smallest absolute Gasteiger partial charge is 0.326 e. The molecule has 1 fully saturated rings. The van der Waals surface area contributed by atoms with Crippen molar-refractivity contribution in [1.29, 1.82) is 0 Å². The van der Waals surface area contributed by atoms with E-state index < -0.39 is 18.1 Å². The molecule has 2 aromatic rings. The molecule has 7 heteroatoms. The van der Waals surface area contributed by atoms with Gasteiger partial charge < -0.3 is 19.7 Å². The van der Waals surface area contributed by atoms with Gasteiger partial charge >= 0.3 is 5.97 Å². The van der Waals surface area contributed by atoms with Gasteiger partial charge in [-0.15, -0.1) is 0 Å². The fraction of sp³-hybridized carbons (Fsp3) is 0.357. The Hall–Kier alpha value is -2.41. The van der Waals surface area contributed by atoms with Crippen LogP contribution in [-0.4, -0.2) is 55.2 Å². The number of nitrogens with zero attached hydrogens (tertiary/aromatic N) is 3. The number of hydrogen-bond acceptors (Lipinski definition) is 4. The molecule has 0 aliphatic carbocycles. The number of imidazole rings is 1. The number of para-hydroxylation sites is 2. The molecule has 0 unspecified atom stereocenters. The van der Waals surface area contributed by atoms with Gasteiger partial charge in [0.05, 0.1) is 23.5 Å². The van der Waals surface area contributed by atoms with Crippen molar-refractivity contribution in [2.45, 2.75) is 25.1 Å². The fourth-order valence-electron chi connectivity index (χ4n) is 2.70. The van der Waals surface area contributed by atoms with E-state index in [1.807, 2.05) is 24.3 Å². The lowest BCUT2D eigenvalue weighted by Gasteiger charge is -2.21. The maximum Gasteiger partial charge on any atom is 0.326 e. The minimum Gasteiger partial charge on any atom is -0.480 e. The number of aliphatic carboxylic acids is 1. The molecule has 1 aromatic carbocycles. The van der Waals surface area contributed by atoms with Crippen LogP contribution in [0.5, 0.6) is 0 Å². The van der Waals surface area contributed by atoms with E-state index in [0.29, 0.717) is 0 Å². The molecule has 1 saturated heterocycles. The molecule has 0 radical (unpaired) electrons. The summed E-state index contributed by atoms with van der Waals surface area (Å²) in [4.78, 5) is 28.9. The molecule has 1 aliphatic rings. The SMILES string of the molecule is O=C(O)[C@@H]1C[C@@H](O)CN1C(=O)Cn1cnc2ccccc21. The highest BCUT2D eigenvalue weighted by molar-refractivity contribution is 5.85. The molecule has 110 valence electrons. The number of hydrogen-bond donors (Lipinski definition) is 2. The largest absolute Gasteiger partial charge is 0.480 e. The van der Waals surface area contributed by atoms with E-state index in [1.165, 1.54) is 4.90 Å². The van der Waals surface area contributed by atoms with Crippen LogP contribution in [-0.2, 0) is 16.1 Å². The number of aromatic nitrogens is 2. The van der Waals surface area contributed by atoms with Crippen LogP contribution in [0, 0.1) is 0 Å². The van der Waals surface area contributed by atoms with Gasteiger partial charge in [-0.3, -0.25) is 4.79 Å². The lowest BCUT2D eigenvalue weighted by molar-refractivity contribution is -0.148. The summed E-state index contributed by atoms with van der Waals surface area (Å²) < 4.78 is 1.68. The molecule has 21 heavy (non-hydrogen) atoms. The summed E-state index contributed by atoms with van der Waals surface area (Å²) in [6, 6.07) is 6.45. The first-order chi connectivity index (χ1) is 10.1. The van der Waals surface area contributed by atoms with Crippen molar-refractivity contribution in [2.75, 3.05) is 6.54 Å². The quantitative estimate of drug-likeness (QED) is 0.834. The van der Waals surface area contributed by atoms with E-state index in [0.717, 1.165) is 11.0 Å². The average molecular weight is 289 g/mol. The molecule has 3 rings (SSSR count). The number of carboxylic acids is 1. The number of carbonyl (C=O) groups excluding carboxylic acids is 1. The predicted molar refractivity (Wildman–Crippen MR) is 73.5 cm³/mol. The van der Waals surface area contributed by atoms with Crippen LogP contribution >= 0.6 is 0 Å². The molecule has 1 amide bonds. The molecular weight excluding hydrogens is 274 g/mol. The Bertz CT molecular complexity index is 696. The van der Waals surface area contributed by atoms with Gasteiger partial charge in [0.25, 0.3) is 0 Å². The number of carboxylic acid groups (broad SMARTS) is 1. The lowest BCUT2D eigenvalue weighted by atomic mass is 10.2. The van der Waals surface area contributed by atoms with E-state index in [4.69, 9.17) is 5.11 Å². The normalized spacial score (nSPS) is 21.9. The Kier molecular flexibility index (Phi) is 3.34. The van der Waals surface area contributed by atoms with Crippen molar-refractivity contribution >= 4 is 22.9 Å². The van der Waals surface area contributed by atoms with Gasteiger partial charge in [0, 0.05) is 13.0 Å². The fourth-order valence-corrected chi connectivity index (χ4v) is 2.70. The Labute approximate surface area is 120 Å². The summed E-state index contributed by atoms with van der Waals surface area (Å²) in [6.07, 6.45) is 0.853. The molecule has 0 saturated carbocycles. The summed E-state index contributed by atoms with van der Waals surface area (Å²) >= 11 is 0. The number of rotatable bonds is 3. The molecule has 1 aliphatic heterocycles. The number of carbonyl (C=O) groups is 2. The second-order valence-electron chi connectivity index (χ2n) is 5.15. The summed E-state index contributed by atoms with van der Waals surface area (Å²) in [5.74, 6) is -1.42. The van der Waals surface area contributed by atoms with E-state index in [9.17, 15) is 14.7 Å². The Morgan fingerprint density at radius 2 is 2.10 bits per heavy atom. The minimum absolute atomic E-state index is 0.0109. The predicted octanol–water partition coefficient (Wildman–Crippen LogP) is 0.0827. The standard InChI is InChI=1S/C14H15N3O4/c18-9-5-12(14(20)21)17(6-9)13(19)7-16-8-15-10-3-1-2-4-11(10)16/h1-4,8-9,12,18H,5-7H2,(H,20,21)/t9-,12+/m1/s1. The van der Waals surface area contributed by atoms with Crippen LogP contribution in [0.3, 0.4) is 0 Å². The first-order valence-electron chi connectivity index (χ1n) is 6.66.